The lowest BCUT2D eigenvalue weighted by Gasteiger charge is -2.35. The van der Waals surface area contributed by atoms with Crippen molar-refractivity contribution in [3.8, 4) is 0 Å². The molecule has 0 spiro atoms. The van der Waals surface area contributed by atoms with Crippen molar-refractivity contribution in [1.82, 2.24) is 14.9 Å². The maximum atomic E-state index is 12.6. The van der Waals surface area contributed by atoms with E-state index in [4.69, 9.17) is 0 Å². The van der Waals surface area contributed by atoms with Gasteiger partial charge >= 0.3 is 0 Å². The van der Waals surface area contributed by atoms with E-state index in [-0.39, 0.29) is 5.91 Å². The minimum atomic E-state index is 0.0235. The summed E-state index contributed by atoms with van der Waals surface area (Å²) in [5.74, 6) is 0.692. The molecule has 2 heterocycles. The molecule has 1 amide bonds. The number of rotatable bonds is 5. The fraction of sp³-hybridized carbons (Fsp3) is 0.667. The molecular weight excluding hydrogens is 252 g/mol. The smallest absolute Gasteiger partial charge is 0.274 e. The van der Waals surface area contributed by atoms with E-state index in [1.54, 1.807) is 12.4 Å². The molecule has 1 atom stereocenters. The summed E-state index contributed by atoms with van der Waals surface area (Å²) in [6, 6.07) is 0.367. The maximum absolute atomic E-state index is 12.6. The van der Waals surface area contributed by atoms with Crippen LogP contribution in [-0.4, -0.2) is 39.9 Å². The number of nitrogens with zero attached hydrogens (tertiary/aromatic N) is 3. The van der Waals surface area contributed by atoms with Crippen LogP contribution in [0.5, 0.6) is 0 Å². The highest BCUT2D eigenvalue weighted by molar-refractivity contribution is 5.92. The van der Waals surface area contributed by atoms with Gasteiger partial charge in [0.2, 0.25) is 0 Å². The molecule has 0 bridgehead atoms. The van der Waals surface area contributed by atoms with Crippen LogP contribution in [0.15, 0.2) is 12.4 Å². The number of hydrogen-bond acceptors (Lipinski definition) is 4. The summed E-state index contributed by atoms with van der Waals surface area (Å²) in [4.78, 5) is 23.1. The summed E-state index contributed by atoms with van der Waals surface area (Å²) < 4.78 is 0. The van der Waals surface area contributed by atoms with Crippen molar-refractivity contribution in [1.29, 1.82) is 0 Å². The number of piperidine rings is 1. The molecule has 1 aromatic heterocycles. The van der Waals surface area contributed by atoms with Gasteiger partial charge in [-0.1, -0.05) is 13.3 Å². The van der Waals surface area contributed by atoms with Gasteiger partial charge in [0.25, 0.3) is 5.91 Å². The van der Waals surface area contributed by atoms with Gasteiger partial charge in [-0.25, -0.2) is 4.98 Å². The predicted molar refractivity (Wildman–Crippen MR) is 79.8 cm³/mol. The van der Waals surface area contributed by atoms with E-state index in [0.29, 0.717) is 17.6 Å². The van der Waals surface area contributed by atoms with Crippen molar-refractivity contribution < 1.29 is 4.79 Å². The number of anilines is 1. The minimum Gasteiger partial charge on any atom is -0.369 e. The molecule has 1 unspecified atom stereocenters. The van der Waals surface area contributed by atoms with Gasteiger partial charge in [-0.2, -0.15) is 0 Å². The van der Waals surface area contributed by atoms with Gasteiger partial charge in [0.15, 0.2) is 0 Å². The second-order valence-corrected chi connectivity index (χ2v) is 5.26. The van der Waals surface area contributed by atoms with E-state index in [0.717, 1.165) is 38.8 Å². The number of likely N-dealkylation sites (tertiary alicyclic amines) is 1. The lowest BCUT2D eigenvalue weighted by molar-refractivity contribution is 0.0594. The molecule has 0 aromatic carbocycles. The van der Waals surface area contributed by atoms with Gasteiger partial charge in [0, 0.05) is 19.1 Å². The standard InChI is InChI=1S/C15H24N4O/c1-3-7-12-8-5-6-9-19(12)15(20)13-10-16-11-14(18-13)17-4-2/h10-12H,3-9H2,1-2H3,(H,17,18). The summed E-state index contributed by atoms with van der Waals surface area (Å²) in [7, 11) is 0. The highest BCUT2D eigenvalue weighted by Gasteiger charge is 2.27. The van der Waals surface area contributed by atoms with Crippen LogP contribution in [0.3, 0.4) is 0 Å². The fourth-order valence-electron chi connectivity index (χ4n) is 2.78. The van der Waals surface area contributed by atoms with Crippen molar-refractivity contribution in [2.75, 3.05) is 18.4 Å². The first-order valence-electron chi connectivity index (χ1n) is 7.63. The van der Waals surface area contributed by atoms with Crippen molar-refractivity contribution in [2.24, 2.45) is 0 Å². The highest BCUT2D eigenvalue weighted by Crippen LogP contribution is 2.22. The van der Waals surface area contributed by atoms with Crippen LogP contribution < -0.4 is 5.32 Å². The third kappa shape index (κ3) is 3.46. The number of amides is 1. The first-order valence-corrected chi connectivity index (χ1v) is 7.63. The van der Waals surface area contributed by atoms with Crippen LogP contribution in [0.1, 0.15) is 56.4 Å². The molecule has 1 saturated heterocycles. The van der Waals surface area contributed by atoms with Crippen molar-refractivity contribution in [3.63, 3.8) is 0 Å². The molecule has 0 saturated carbocycles. The Morgan fingerprint density at radius 1 is 1.40 bits per heavy atom. The average Bonchev–Trinajstić information content (AvgIpc) is 2.48. The molecule has 2 rings (SSSR count). The van der Waals surface area contributed by atoms with E-state index in [2.05, 4.69) is 22.2 Å². The lowest BCUT2D eigenvalue weighted by Crippen LogP contribution is -2.44. The zero-order valence-corrected chi connectivity index (χ0v) is 12.4. The van der Waals surface area contributed by atoms with E-state index in [1.807, 2.05) is 11.8 Å². The Balaban J connectivity index is 2.13. The SMILES string of the molecule is CCCC1CCCCN1C(=O)c1cncc(NCC)n1. The number of nitrogens with one attached hydrogen (secondary N) is 1. The molecule has 1 aromatic rings. The summed E-state index contributed by atoms with van der Waals surface area (Å²) >= 11 is 0. The monoisotopic (exact) mass is 276 g/mol. The summed E-state index contributed by atoms with van der Waals surface area (Å²) in [6.45, 7) is 5.78. The van der Waals surface area contributed by atoms with Crippen molar-refractivity contribution in [2.45, 2.75) is 52.0 Å². The van der Waals surface area contributed by atoms with Gasteiger partial charge < -0.3 is 10.2 Å². The number of carbonyl (C=O) groups is 1. The Morgan fingerprint density at radius 2 is 2.25 bits per heavy atom. The molecule has 0 radical (unpaired) electrons. The Labute approximate surface area is 120 Å². The first kappa shape index (κ1) is 14.8. The van der Waals surface area contributed by atoms with Crippen LogP contribution in [0, 0.1) is 0 Å². The molecule has 5 nitrogen and oxygen atoms in total. The molecule has 110 valence electrons. The summed E-state index contributed by atoms with van der Waals surface area (Å²) in [5.41, 5.74) is 0.450. The molecule has 5 heteroatoms. The van der Waals surface area contributed by atoms with E-state index in [9.17, 15) is 4.79 Å². The Kier molecular flexibility index (Phi) is 5.32. The van der Waals surface area contributed by atoms with Crippen LogP contribution in [-0.2, 0) is 0 Å². The predicted octanol–water partition coefficient (Wildman–Crippen LogP) is 2.70. The quantitative estimate of drug-likeness (QED) is 0.898. The van der Waals surface area contributed by atoms with Gasteiger partial charge in [0.1, 0.15) is 11.5 Å². The average molecular weight is 276 g/mol. The molecule has 1 fully saturated rings. The largest absolute Gasteiger partial charge is 0.369 e. The molecule has 1 N–H and O–H groups in total. The third-order valence-corrected chi connectivity index (χ3v) is 3.72. The zero-order chi connectivity index (χ0) is 14.4. The van der Waals surface area contributed by atoms with Gasteiger partial charge in [-0.3, -0.25) is 9.78 Å². The second-order valence-electron chi connectivity index (χ2n) is 5.26. The number of hydrogen-bond donors (Lipinski definition) is 1. The van der Waals surface area contributed by atoms with Crippen LogP contribution in [0.25, 0.3) is 0 Å². The van der Waals surface area contributed by atoms with Crippen LogP contribution >= 0.6 is 0 Å². The number of carbonyl (C=O) groups excluding carboxylic acids is 1. The van der Waals surface area contributed by atoms with Gasteiger partial charge in [-0.05, 0) is 32.6 Å². The molecule has 1 aliphatic heterocycles. The topological polar surface area (TPSA) is 58.1 Å². The Hall–Kier alpha value is -1.65. The van der Waals surface area contributed by atoms with Crippen LogP contribution in [0.2, 0.25) is 0 Å². The zero-order valence-electron chi connectivity index (χ0n) is 12.4. The van der Waals surface area contributed by atoms with Crippen molar-refractivity contribution in [3.05, 3.63) is 18.1 Å². The molecule has 0 aliphatic carbocycles. The molecular formula is C15H24N4O. The van der Waals surface area contributed by atoms with Crippen LogP contribution in [0.4, 0.5) is 5.82 Å². The van der Waals surface area contributed by atoms with Crippen molar-refractivity contribution >= 4 is 11.7 Å². The van der Waals surface area contributed by atoms with E-state index in [1.165, 1.54) is 6.42 Å². The third-order valence-electron chi connectivity index (χ3n) is 3.72. The minimum absolute atomic E-state index is 0.0235. The number of aromatic nitrogens is 2. The molecule has 1 aliphatic rings. The highest BCUT2D eigenvalue weighted by atomic mass is 16.2. The Bertz CT molecular complexity index is 447. The van der Waals surface area contributed by atoms with Gasteiger partial charge in [-0.15, -0.1) is 0 Å². The second kappa shape index (κ2) is 7.22. The van der Waals surface area contributed by atoms with Gasteiger partial charge in [0.05, 0.1) is 12.4 Å². The first-order chi connectivity index (χ1) is 9.76. The Morgan fingerprint density at radius 3 is 3.00 bits per heavy atom. The lowest BCUT2D eigenvalue weighted by atomic mass is 9.98. The summed E-state index contributed by atoms with van der Waals surface area (Å²) in [6.07, 6.45) is 8.83. The van der Waals surface area contributed by atoms with E-state index < -0.39 is 0 Å². The fourth-order valence-corrected chi connectivity index (χ4v) is 2.78. The van der Waals surface area contributed by atoms with E-state index >= 15 is 0 Å². The summed E-state index contributed by atoms with van der Waals surface area (Å²) in [5, 5.41) is 3.10. The normalized spacial score (nSPS) is 18.9. The maximum Gasteiger partial charge on any atom is 0.274 e. The molecule has 20 heavy (non-hydrogen) atoms.